The third kappa shape index (κ3) is 3.33. The smallest absolute Gasteiger partial charge is 0.304 e. The van der Waals surface area contributed by atoms with Gasteiger partial charge in [0.25, 0.3) is 0 Å². The number of phenolic OH excluding ortho intramolecular Hbond substituents is 1. The molecule has 90 valence electrons. The number of hydrogen-bond acceptors (Lipinski definition) is 4. The number of aromatic nitrogens is 1. The van der Waals surface area contributed by atoms with E-state index in [0.717, 1.165) is 22.6 Å². The van der Waals surface area contributed by atoms with Gasteiger partial charge in [-0.2, -0.15) is 0 Å². The maximum atomic E-state index is 10.9. The van der Waals surface area contributed by atoms with E-state index in [1.807, 2.05) is 0 Å². The maximum absolute atomic E-state index is 10.9. The predicted molar refractivity (Wildman–Crippen MR) is 68.6 cm³/mol. The van der Waals surface area contributed by atoms with Gasteiger partial charge in [0.15, 0.2) is 0 Å². The van der Waals surface area contributed by atoms with Crippen molar-refractivity contribution < 1.29 is 5.11 Å². The van der Waals surface area contributed by atoms with Crippen molar-refractivity contribution in [2.24, 2.45) is 0 Å². The minimum atomic E-state index is -0.0468. The molecule has 0 aliphatic carbocycles. The van der Waals surface area contributed by atoms with Gasteiger partial charge in [-0.1, -0.05) is 29.0 Å². The molecule has 0 bridgehead atoms. The number of halogens is 1. The van der Waals surface area contributed by atoms with Gasteiger partial charge in [0, 0.05) is 24.2 Å². The first kappa shape index (κ1) is 12.2. The van der Waals surface area contributed by atoms with Crippen LogP contribution in [0.5, 0.6) is 5.75 Å². The summed E-state index contributed by atoms with van der Waals surface area (Å²) in [4.78, 5) is 13.6. The average Bonchev–Trinajstić information content (AvgIpc) is 2.70. The number of aromatic amines is 1. The topological polar surface area (TPSA) is 65.1 Å². The first-order valence-corrected chi connectivity index (χ1v) is 6.26. The summed E-state index contributed by atoms with van der Waals surface area (Å²) in [6.07, 6.45) is 0. The molecule has 1 heterocycles. The Hall–Kier alpha value is -1.30. The minimum Gasteiger partial charge on any atom is -0.506 e. The zero-order valence-corrected chi connectivity index (χ0v) is 10.4. The summed E-state index contributed by atoms with van der Waals surface area (Å²) in [6.45, 7) is 1.22. The van der Waals surface area contributed by atoms with Crippen LogP contribution in [0.4, 0.5) is 0 Å². The van der Waals surface area contributed by atoms with Crippen LogP contribution in [0.1, 0.15) is 11.3 Å². The number of thiazole rings is 1. The van der Waals surface area contributed by atoms with Crippen molar-refractivity contribution in [3.8, 4) is 5.75 Å². The first-order chi connectivity index (χ1) is 8.15. The van der Waals surface area contributed by atoms with Crippen LogP contribution in [0.2, 0.25) is 5.02 Å². The van der Waals surface area contributed by atoms with E-state index in [4.69, 9.17) is 11.6 Å². The fourth-order valence-electron chi connectivity index (χ4n) is 1.40. The van der Waals surface area contributed by atoms with Gasteiger partial charge < -0.3 is 15.4 Å². The quantitative estimate of drug-likeness (QED) is 0.797. The molecule has 1 aromatic carbocycles. The Labute approximate surface area is 107 Å². The molecule has 4 nitrogen and oxygen atoms in total. The highest BCUT2D eigenvalue weighted by atomic mass is 35.5. The number of benzene rings is 1. The fraction of sp³-hybridized carbons (Fsp3) is 0.182. The van der Waals surface area contributed by atoms with E-state index in [9.17, 15) is 9.90 Å². The predicted octanol–water partition coefficient (Wildman–Crippen LogP) is 2.09. The van der Waals surface area contributed by atoms with Crippen molar-refractivity contribution >= 4 is 22.9 Å². The van der Waals surface area contributed by atoms with Gasteiger partial charge in [-0.3, -0.25) is 4.79 Å². The zero-order valence-electron chi connectivity index (χ0n) is 8.87. The molecule has 0 aliphatic rings. The molecule has 0 saturated heterocycles. The molecular formula is C11H11ClN2O2S. The number of hydrogen-bond donors (Lipinski definition) is 3. The second kappa shape index (κ2) is 5.35. The Kier molecular flexibility index (Phi) is 3.83. The summed E-state index contributed by atoms with van der Waals surface area (Å²) in [5.41, 5.74) is 1.84. The molecule has 0 unspecified atom stereocenters. The lowest BCUT2D eigenvalue weighted by molar-refractivity contribution is 0.475. The molecule has 0 saturated carbocycles. The van der Waals surface area contributed by atoms with Crippen LogP contribution in [0.25, 0.3) is 0 Å². The number of rotatable bonds is 4. The summed E-state index contributed by atoms with van der Waals surface area (Å²) < 4.78 is 0. The van der Waals surface area contributed by atoms with Crippen molar-refractivity contribution in [3.63, 3.8) is 0 Å². The van der Waals surface area contributed by atoms with E-state index in [0.29, 0.717) is 18.1 Å². The molecule has 2 aromatic rings. The Morgan fingerprint density at radius 1 is 1.41 bits per heavy atom. The molecule has 0 atom stereocenters. The lowest BCUT2D eigenvalue weighted by Crippen LogP contribution is -2.13. The van der Waals surface area contributed by atoms with E-state index < -0.39 is 0 Å². The highest BCUT2D eigenvalue weighted by Gasteiger charge is 2.00. The van der Waals surface area contributed by atoms with Crippen molar-refractivity contribution in [3.05, 3.63) is 49.5 Å². The van der Waals surface area contributed by atoms with Gasteiger partial charge in [0.2, 0.25) is 0 Å². The largest absolute Gasteiger partial charge is 0.506 e. The normalized spacial score (nSPS) is 10.6. The maximum Gasteiger partial charge on any atom is 0.304 e. The molecule has 17 heavy (non-hydrogen) atoms. The number of H-pyrrole nitrogens is 1. The standard InChI is InChI=1S/C11H11ClN2O2S/c12-9-3-7(1-2-10(9)15)4-13-5-8-6-17-11(16)14-8/h1-3,6,13,15H,4-5H2,(H,14,16). The first-order valence-electron chi connectivity index (χ1n) is 5.00. The number of aromatic hydroxyl groups is 1. The van der Waals surface area contributed by atoms with Gasteiger partial charge in [0.05, 0.1) is 5.02 Å². The van der Waals surface area contributed by atoms with Crippen molar-refractivity contribution in [2.45, 2.75) is 13.1 Å². The lowest BCUT2D eigenvalue weighted by Gasteiger charge is -2.04. The van der Waals surface area contributed by atoms with E-state index >= 15 is 0 Å². The van der Waals surface area contributed by atoms with Crippen LogP contribution >= 0.6 is 22.9 Å². The van der Waals surface area contributed by atoms with E-state index in [1.54, 1.807) is 23.6 Å². The van der Waals surface area contributed by atoms with Crippen LogP contribution in [0, 0.1) is 0 Å². The third-order valence-corrected chi connectivity index (χ3v) is 3.25. The van der Waals surface area contributed by atoms with Crippen molar-refractivity contribution in [1.82, 2.24) is 10.3 Å². The average molecular weight is 271 g/mol. The van der Waals surface area contributed by atoms with Gasteiger partial charge in [0.1, 0.15) is 5.75 Å². The van der Waals surface area contributed by atoms with Crippen molar-refractivity contribution in [2.75, 3.05) is 0 Å². The summed E-state index contributed by atoms with van der Waals surface area (Å²) in [7, 11) is 0. The molecule has 1 aromatic heterocycles. The van der Waals surface area contributed by atoms with Gasteiger partial charge in [-0.15, -0.1) is 0 Å². The second-order valence-corrected chi connectivity index (χ2v) is 4.81. The zero-order chi connectivity index (χ0) is 12.3. The van der Waals surface area contributed by atoms with Crippen LogP contribution in [-0.4, -0.2) is 10.1 Å². The molecule has 0 amide bonds. The summed E-state index contributed by atoms with van der Waals surface area (Å²) in [5.74, 6) is 0.0811. The van der Waals surface area contributed by atoms with Gasteiger partial charge in [-0.25, -0.2) is 0 Å². The van der Waals surface area contributed by atoms with Crippen LogP contribution in [-0.2, 0) is 13.1 Å². The Morgan fingerprint density at radius 2 is 2.24 bits per heavy atom. The fourth-order valence-corrected chi connectivity index (χ4v) is 2.19. The molecule has 0 spiro atoms. The molecule has 0 radical (unpaired) electrons. The molecule has 0 aliphatic heterocycles. The van der Waals surface area contributed by atoms with E-state index in [1.165, 1.54) is 0 Å². The molecule has 2 rings (SSSR count). The highest BCUT2D eigenvalue weighted by Crippen LogP contribution is 2.23. The van der Waals surface area contributed by atoms with Crippen LogP contribution in [0.15, 0.2) is 28.4 Å². The highest BCUT2D eigenvalue weighted by molar-refractivity contribution is 7.07. The Morgan fingerprint density at radius 3 is 2.88 bits per heavy atom. The lowest BCUT2D eigenvalue weighted by atomic mass is 10.2. The second-order valence-electron chi connectivity index (χ2n) is 3.56. The SMILES string of the molecule is O=c1[nH]c(CNCc2ccc(O)c(Cl)c2)cs1. The minimum absolute atomic E-state index is 0.0468. The van der Waals surface area contributed by atoms with Gasteiger partial charge >= 0.3 is 4.87 Å². The summed E-state index contributed by atoms with van der Waals surface area (Å²) >= 11 is 6.94. The summed E-state index contributed by atoms with van der Waals surface area (Å²) in [6, 6.07) is 5.07. The Bertz CT molecular complexity index is 565. The van der Waals surface area contributed by atoms with Gasteiger partial charge in [-0.05, 0) is 17.7 Å². The van der Waals surface area contributed by atoms with Crippen LogP contribution < -0.4 is 10.2 Å². The van der Waals surface area contributed by atoms with Crippen molar-refractivity contribution in [1.29, 1.82) is 0 Å². The third-order valence-electron chi connectivity index (χ3n) is 2.23. The number of phenols is 1. The van der Waals surface area contributed by atoms with E-state index in [-0.39, 0.29) is 10.6 Å². The molecule has 3 N–H and O–H groups in total. The molecule has 6 heteroatoms. The van der Waals surface area contributed by atoms with Crippen LogP contribution in [0.3, 0.4) is 0 Å². The number of nitrogens with one attached hydrogen (secondary N) is 2. The Balaban J connectivity index is 1.89. The van der Waals surface area contributed by atoms with E-state index in [2.05, 4.69) is 10.3 Å². The molecular weight excluding hydrogens is 260 g/mol. The molecule has 0 fully saturated rings. The summed E-state index contributed by atoms with van der Waals surface area (Å²) in [5, 5.41) is 14.6. The monoisotopic (exact) mass is 270 g/mol.